The van der Waals surface area contributed by atoms with E-state index in [-0.39, 0.29) is 27.9 Å². The predicted molar refractivity (Wildman–Crippen MR) is 128 cm³/mol. The summed E-state index contributed by atoms with van der Waals surface area (Å²) in [6.07, 6.45) is 3.47. The van der Waals surface area contributed by atoms with Crippen molar-refractivity contribution in [2.45, 2.75) is 97.6 Å². The number of esters is 2. The van der Waals surface area contributed by atoms with Gasteiger partial charge < -0.3 is 18.6 Å². The highest BCUT2D eigenvalue weighted by atomic mass is 28.4. The van der Waals surface area contributed by atoms with Gasteiger partial charge in [0.1, 0.15) is 0 Å². The molecule has 1 heterocycles. The van der Waals surface area contributed by atoms with Gasteiger partial charge in [-0.05, 0) is 55.1 Å². The van der Waals surface area contributed by atoms with Crippen LogP contribution >= 0.6 is 0 Å². The van der Waals surface area contributed by atoms with Gasteiger partial charge in [-0.1, -0.05) is 41.5 Å². The molecule has 1 spiro atoms. The van der Waals surface area contributed by atoms with Crippen molar-refractivity contribution in [3.05, 3.63) is 0 Å². The van der Waals surface area contributed by atoms with Crippen LogP contribution in [0.15, 0.2) is 0 Å². The molecule has 0 radical (unpaired) electrons. The summed E-state index contributed by atoms with van der Waals surface area (Å²) in [5.41, 5.74) is -1.94. The lowest BCUT2D eigenvalue weighted by atomic mass is 9.30. The van der Waals surface area contributed by atoms with Crippen molar-refractivity contribution in [2.24, 2.45) is 33.5 Å². The first-order chi connectivity index (χ1) is 15.1. The van der Waals surface area contributed by atoms with Gasteiger partial charge in [-0.3, -0.25) is 9.59 Å². The number of hydrogen-bond acceptors (Lipinski definition) is 6. The van der Waals surface area contributed by atoms with Gasteiger partial charge in [0, 0.05) is 16.7 Å². The highest BCUT2D eigenvalue weighted by molar-refractivity contribution is 6.74. The van der Waals surface area contributed by atoms with Crippen molar-refractivity contribution < 1.29 is 28.2 Å². The molecular formula is C26H44O6Si. The topological polar surface area (TPSA) is 71.1 Å². The Hall–Kier alpha value is -0.923. The lowest BCUT2D eigenvalue weighted by molar-refractivity contribution is -0.275. The Balaban J connectivity index is 1.70. The Bertz CT molecular complexity index is 828. The zero-order valence-corrected chi connectivity index (χ0v) is 23.3. The van der Waals surface area contributed by atoms with E-state index in [0.29, 0.717) is 12.5 Å². The van der Waals surface area contributed by atoms with Gasteiger partial charge in [0.15, 0.2) is 13.7 Å². The zero-order chi connectivity index (χ0) is 24.8. The molecule has 0 aromatic heterocycles. The van der Waals surface area contributed by atoms with E-state index in [1.165, 1.54) is 14.2 Å². The molecule has 0 N–H and O–H groups in total. The summed E-state index contributed by atoms with van der Waals surface area (Å²) in [6.45, 7) is 19.0. The van der Waals surface area contributed by atoms with Gasteiger partial charge in [-0.15, -0.1) is 0 Å². The Morgan fingerprint density at radius 3 is 2.06 bits per heavy atom. The van der Waals surface area contributed by atoms with Gasteiger partial charge in [0.2, 0.25) is 0 Å². The SMILES string of the molecule is COC(=O)C1(C(=O)OC)[C@H]2OC[C@]34CC[C@H](O[Si](C)(C)C(C)(C)C)C(C)(C)[C@@H]3CC[C@@]1(C)[C@H]24. The Morgan fingerprint density at radius 2 is 1.55 bits per heavy atom. The molecule has 4 aliphatic rings. The molecule has 0 aromatic rings. The second-order valence-corrected chi connectivity index (χ2v) is 18.2. The molecule has 6 nitrogen and oxygen atoms in total. The summed E-state index contributed by atoms with van der Waals surface area (Å²) in [4.78, 5) is 26.3. The second kappa shape index (κ2) is 7.30. The highest BCUT2D eigenvalue weighted by Gasteiger charge is 2.87. The van der Waals surface area contributed by atoms with Crippen LogP contribution in [0.1, 0.15) is 67.2 Å². The summed E-state index contributed by atoms with van der Waals surface area (Å²) < 4.78 is 23.8. The predicted octanol–water partition coefficient (Wildman–Crippen LogP) is 4.96. The summed E-state index contributed by atoms with van der Waals surface area (Å²) in [6, 6.07) is 0. The monoisotopic (exact) mass is 480 g/mol. The maximum Gasteiger partial charge on any atom is 0.326 e. The summed E-state index contributed by atoms with van der Waals surface area (Å²) in [5.74, 6) is -0.453. The molecule has 0 aromatic carbocycles. The summed E-state index contributed by atoms with van der Waals surface area (Å²) >= 11 is 0. The lowest BCUT2D eigenvalue weighted by Gasteiger charge is -2.71. The van der Waals surface area contributed by atoms with E-state index in [2.05, 4.69) is 54.6 Å². The molecule has 0 unspecified atom stereocenters. The summed E-state index contributed by atoms with van der Waals surface area (Å²) in [5, 5.41) is 0.166. The van der Waals surface area contributed by atoms with Crippen molar-refractivity contribution >= 4 is 20.3 Å². The van der Waals surface area contributed by atoms with E-state index in [0.717, 1.165) is 25.7 Å². The standard InChI is InChI=1S/C26H44O6Si/c1-22(2,3)33(9,10)32-17-12-14-25-15-31-19-18(25)24(6,13-11-16(25)23(17,4)5)26(19,20(27)29-7)21(28)30-8/h16-19H,11-15H2,1-10H3/t16-,17-,18-,19-,24-,25+/m0/s1. The van der Waals surface area contributed by atoms with Crippen LogP contribution in [-0.4, -0.2) is 53.3 Å². The number of rotatable bonds is 4. The molecule has 33 heavy (non-hydrogen) atoms. The molecule has 4 rings (SSSR count). The molecule has 7 heteroatoms. The molecule has 0 bridgehead atoms. The number of methoxy groups -OCH3 is 2. The number of carbonyl (C=O) groups is 2. The van der Waals surface area contributed by atoms with Crippen molar-refractivity contribution in [1.82, 2.24) is 0 Å². The molecule has 3 aliphatic carbocycles. The molecule has 1 aliphatic heterocycles. The van der Waals surface area contributed by atoms with Crippen molar-refractivity contribution in [3.8, 4) is 0 Å². The zero-order valence-electron chi connectivity index (χ0n) is 22.3. The fourth-order valence-electron chi connectivity index (χ4n) is 8.31. The van der Waals surface area contributed by atoms with E-state index in [1.807, 2.05) is 0 Å². The molecule has 188 valence electrons. The van der Waals surface area contributed by atoms with Gasteiger partial charge in [-0.25, -0.2) is 0 Å². The van der Waals surface area contributed by atoms with Gasteiger partial charge >= 0.3 is 11.9 Å². The third-order valence-corrected chi connectivity index (χ3v) is 15.5. The smallest absolute Gasteiger partial charge is 0.326 e. The maximum absolute atomic E-state index is 13.1. The fraction of sp³-hybridized carbons (Fsp3) is 0.923. The maximum atomic E-state index is 13.1. The number of carbonyl (C=O) groups excluding carboxylic acids is 2. The van der Waals surface area contributed by atoms with Crippen molar-refractivity contribution in [1.29, 1.82) is 0 Å². The van der Waals surface area contributed by atoms with Crippen LogP contribution in [0.5, 0.6) is 0 Å². The van der Waals surface area contributed by atoms with Crippen LogP contribution in [0.2, 0.25) is 18.1 Å². The Labute approximate surface area is 200 Å². The van der Waals surface area contributed by atoms with Crippen molar-refractivity contribution in [3.63, 3.8) is 0 Å². The van der Waals surface area contributed by atoms with Crippen LogP contribution in [0.4, 0.5) is 0 Å². The van der Waals surface area contributed by atoms with E-state index >= 15 is 0 Å². The molecule has 3 saturated carbocycles. The van der Waals surface area contributed by atoms with E-state index in [9.17, 15) is 9.59 Å². The molecule has 0 amide bonds. The quantitative estimate of drug-likeness (QED) is 0.322. The molecule has 1 saturated heterocycles. The minimum atomic E-state index is -1.91. The van der Waals surface area contributed by atoms with Crippen LogP contribution < -0.4 is 0 Å². The van der Waals surface area contributed by atoms with Crippen LogP contribution in [0.3, 0.4) is 0 Å². The highest BCUT2D eigenvalue weighted by Crippen LogP contribution is 2.80. The normalized spacial score (nSPS) is 40.8. The Kier molecular flexibility index (Phi) is 5.57. The third kappa shape index (κ3) is 2.85. The van der Waals surface area contributed by atoms with Gasteiger partial charge in [-0.2, -0.15) is 0 Å². The largest absolute Gasteiger partial charge is 0.468 e. The lowest BCUT2D eigenvalue weighted by Crippen LogP contribution is -2.78. The molecule has 4 fully saturated rings. The minimum absolute atomic E-state index is 0.0118. The average molecular weight is 481 g/mol. The van der Waals surface area contributed by atoms with Crippen LogP contribution in [-0.2, 0) is 28.2 Å². The average Bonchev–Trinajstić information content (AvgIpc) is 3.09. The van der Waals surface area contributed by atoms with Gasteiger partial charge in [0.25, 0.3) is 0 Å². The number of ether oxygens (including phenoxy) is 3. The molecule has 6 atom stereocenters. The number of hydrogen-bond donors (Lipinski definition) is 0. The second-order valence-electron chi connectivity index (χ2n) is 13.5. The van der Waals surface area contributed by atoms with Crippen LogP contribution in [0.25, 0.3) is 0 Å². The Morgan fingerprint density at radius 1 is 0.970 bits per heavy atom. The summed E-state index contributed by atoms with van der Waals surface area (Å²) in [7, 11) is 0.798. The first-order valence-electron chi connectivity index (χ1n) is 12.5. The molecular weight excluding hydrogens is 436 g/mol. The van der Waals surface area contributed by atoms with E-state index in [1.54, 1.807) is 0 Å². The fourth-order valence-corrected chi connectivity index (χ4v) is 9.80. The first kappa shape index (κ1) is 25.2. The van der Waals surface area contributed by atoms with Crippen molar-refractivity contribution in [2.75, 3.05) is 20.8 Å². The van der Waals surface area contributed by atoms with Crippen LogP contribution in [0, 0.1) is 33.5 Å². The third-order valence-electron chi connectivity index (χ3n) is 11.0. The minimum Gasteiger partial charge on any atom is -0.468 e. The first-order valence-corrected chi connectivity index (χ1v) is 15.4. The van der Waals surface area contributed by atoms with E-state index < -0.39 is 37.2 Å². The van der Waals surface area contributed by atoms with Gasteiger partial charge in [0.05, 0.1) is 33.0 Å². The van der Waals surface area contributed by atoms with E-state index in [4.69, 9.17) is 18.6 Å².